The molecule has 0 rings (SSSR count). The second-order valence-electron chi connectivity index (χ2n) is 2.11. The molecule has 0 bridgehead atoms. The van der Waals surface area contributed by atoms with Gasteiger partial charge in [-0.15, -0.1) is 0 Å². The SMILES string of the molecule is C.CC(C)[C@H](N)C(=O)O. The van der Waals surface area contributed by atoms with Gasteiger partial charge in [0.2, 0.25) is 0 Å². The molecule has 0 amide bonds. The smallest absolute Gasteiger partial charge is 0.320 e. The Kier molecular flexibility index (Phi) is 5.41. The molecule has 56 valence electrons. The average Bonchev–Trinajstić information content (AvgIpc) is 1.64. The highest BCUT2D eigenvalue weighted by Gasteiger charge is 2.14. The second kappa shape index (κ2) is 4.32. The molecular weight excluding hydrogens is 118 g/mol. The number of carboxylic acid groups (broad SMARTS) is 1. The number of nitrogens with two attached hydrogens (primary N) is 1. The summed E-state index contributed by atoms with van der Waals surface area (Å²) in [6.07, 6.45) is 0. The Labute approximate surface area is 55.9 Å². The van der Waals surface area contributed by atoms with Crippen LogP contribution in [0, 0.1) is 5.92 Å². The van der Waals surface area contributed by atoms with E-state index in [4.69, 9.17) is 10.8 Å². The average molecular weight is 133 g/mol. The first kappa shape index (κ1) is 11.3. The van der Waals surface area contributed by atoms with Crippen LogP contribution in [0.5, 0.6) is 0 Å². The minimum atomic E-state index is -0.931. The molecule has 3 heteroatoms. The predicted octanol–water partition coefficient (Wildman–Crippen LogP) is 0.690. The molecule has 0 aliphatic carbocycles. The molecular formula is C6H15NO2. The summed E-state index contributed by atoms with van der Waals surface area (Å²) < 4.78 is 0. The normalized spacial score (nSPS) is 12.4. The summed E-state index contributed by atoms with van der Waals surface area (Å²) in [5.74, 6) is -0.910. The Morgan fingerprint density at radius 1 is 1.56 bits per heavy atom. The van der Waals surface area contributed by atoms with Crippen LogP contribution in [0.15, 0.2) is 0 Å². The first-order valence-electron chi connectivity index (χ1n) is 2.54. The van der Waals surface area contributed by atoms with Crippen molar-refractivity contribution < 1.29 is 9.90 Å². The Hall–Kier alpha value is -0.570. The van der Waals surface area contributed by atoms with E-state index in [0.29, 0.717) is 0 Å². The summed E-state index contributed by atoms with van der Waals surface area (Å²) in [6, 6.07) is -0.713. The van der Waals surface area contributed by atoms with E-state index in [1.54, 1.807) is 13.8 Å². The summed E-state index contributed by atoms with van der Waals surface area (Å²) in [6.45, 7) is 3.55. The van der Waals surface area contributed by atoms with Crippen molar-refractivity contribution in [2.45, 2.75) is 27.3 Å². The van der Waals surface area contributed by atoms with E-state index >= 15 is 0 Å². The third-order valence-corrected chi connectivity index (χ3v) is 1.00. The summed E-state index contributed by atoms with van der Waals surface area (Å²) in [5.41, 5.74) is 5.16. The fraction of sp³-hybridized carbons (Fsp3) is 0.833. The van der Waals surface area contributed by atoms with Crippen molar-refractivity contribution in [1.82, 2.24) is 0 Å². The molecule has 0 saturated carbocycles. The third-order valence-electron chi connectivity index (χ3n) is 1.00. The molecule has 0 aliphatic heterocycles. The van der Waals surface area contributed by atoms with Gasteiger partial charge in [0.25, 0.3) is 0 Å². The highest BCUT2D eigenvalue weighted by molar-refractivity contribution is 5.73. The summed E-state index contributed by atoms with van der Waals surface area (Å²) >= 11 is 0. The van der Waals surface area contributed by atoms with E-state index in [-0.39, 0.29) is 13.3 Å². The zero-order valence-electron chi connectivity index (χ0n) is 5.09. The lowest BCUT2D eigenvalue weighted by Crippen LogP contribution is -2.34. The van der Waals surface area contributed by atoms with Crippen LogP contribution in [0.3, 0.4) is 0 Å². The Morgan fingerprint density at radius 2 is 1.89 bits per heavy atom. The first-order valence-corrected chi connectivity index (χ1v) is 2.54. The maximum Gasteiger partial charge on any atom is 0.320 e. The van der Waals surface area contributed by atoms with Crippen molar-refractivity contribution >= 4 is 5.97 Å². The van der Waals surface area contributed by atoms with Gasteiger partial charge in [-0.3, -0.25) is 4.79 Å². The molecule has 0 aromatic rings. The van der Waals surface area contributed by atoms with Crippen LogP contribution in [-0.2, 0) is 4.79 Å². The lowest BCUT2D eigenvalue weighted by Gasteiger charge is -2.07. The number of aliphatic carboxylic acids is 1. The summed E-state index contributed by atoms with van der Waals surface area (Å²) in [7, 11) is 0. The van der Waals surface area contributed by atoms with Crippen molar-refractivity contribution in [2.75, 3.05) is 0 Å². The number of carboxylic acids is 1. The molecule has 0 unspecified atom stereocenters. The van der Waals surface area contributed by atoms with E-state index in [9.17, 15) is 4.79 Å². The van der Waals surface area contributed by atoms with Gasteiger partial charge in [-0.2, -0.15) is 0 Å². The highest BCUT2D eigenvalue weighted by Crippen LogP contribution is 1.96. The van der Waals surface area contributed by atoms with E-state index < -0.39 is 12.0 Å². The molecule has 0 saturated heterocycles. The van der Waals surface area contributed by atoms with Crippen LogP contribution in [0.4, 0.5) is 0 Å². The van der Waals surface area contributed by atoms with Gasteiger partial charge in [0, 0.05) is 0 Å². The van der Waals surface area contributed by atoms with Gasteiger partial charge in [0.1, 0.15) is 6.04 Å². The van der Waals surface area contributed by atoms with Gasteiger partial charge in [-0.25, -0.2) is 0 Å². The lowest BCUT2D eigenvalue weighted by atomic mass is 10.1. The van der Waals surface area contributed by atoms with Crippen LogP contribution in [0.25, 0.3) is 0 Å². The van der Waals surface area contributed by atoms with E-state index in [1.165, 1.54) is 0 Å². The van der Waals surface area contributed by atoms with Crippen molar-refractivity contribution in [1.29, 1.82) is 0 Å². The molecule has 3 N–H and O–H groups in total. The Morgan fingerprint density at radius 3 is 1.89 bits per heavy atom. The minimum absolute atomic E-state index is 0. The van der Waals surface area contributed by atoms with Gasteiger partial charge in [-0.05, 0) is 5.92 Å². The monoisotopic (exact) mass is 133 g/mol. The predicted molar refractivity (Wildman–Crippen MR) is 37.2 cm³/mol. The topological polar surface area (TPSA) is 63.3 Å². The van der Waals surface area contributed by atoms with Crippen molar-refractivity contribution in [2.24, 2.45) is 11.7 Å². The van der Waals surface area contributed by atoms with E-state index in [0.717, 1.165) is 0 Å². The van der Waals surface area contributed by atoms with Gasteiger partial charge < -0.3 is 10.8 Å². The summed E-state index contributed by atoms with van der Waals surface area (Å²) in [4.78, 5) is 10.0. The van der Waals surface area contributed by atoms with E-state index in [2.05, 4.69) is 0 Å². The molecule has 0 aliphatic rings. The molecule has 0 fully saturated rings. The minimum Gasteiger partial charge on any atom is -0.480 e. The lowest BCUT2D eigenvalue weighted by molar-refractivity contribution is -0.139. The summed E-state index contributed by atoms with van der Waals surface area (Å²) in [5, 5.41) is 8.23. The van der Waals surface area contributed by atoms with Crippen LogP contribution in [0.2, 0.25) is 0 Å². The second-order valence-corrected chi connectivity index (χ2v) is 2.11. The quantitative estimate of drug-likeness (QED) is 0.582. The molecule has 9 heavy (non-hydrogen) atoms. The third kappa shape index (κ3) is 3.97. The number of hydrogen-bond donors (Lipinski definition) is 2. The molecule has 0 spiro atoms. The highest BCUT2D eigenvalue weighted by atomic mass is 16.4. The van der Waals surface area contributed by atoms with E-state index in [1.807, 2.05) is 0 Å². The Bertz CT molecular complexity index is 91.1. The van der Waals surface area contributed by atoms with Gasteiger partial charge >= 0.3 is 5.97 Å². The molecule has 0 heterocycles. The fourth-order valence-electron chi connectivity index (χ4n) is 0.285. The molecule has 0 aromatic heterocycles. The van der Waals surface area contributed by atoms with Crippen molar-refractivity contribution in [3.05, 3.63) is 0 Å². The van der Waals surface area contributed by atoms with Crippen LogP contribution in [-0.4, -0.2) is 17.1 Å². The van der Waals surface area contributed by atoms with Crippen molar-refractivity contribution in [3.63, 3.8) is 0 Å². The van der Waals surface area contributed by atoms with Crippen LogP contribution >= 0.6 is 0 Å². The molecule has 1 atom stereocenters. The first-order chi connectivity index (χ1) is 3.55. The fourth-order valence-corrected chi connectivity index (χ4v) is 0.285. The standard InChI is InChI=1S/C5H11NO2.CH4/c1-3(2)4(6)5(7)8;/h3-4H,6H2,1-2H3,(H,7,8);1H4/t4-;/m0./s1. The van der Waals surface area contributed by atoms with Gasteiger partial charge in [-0.1, -0.05) is 21.3 Å². The Balaban J connectivity index is 0. The zero-order valence-corrected chi connectivity index (χ0v) is 5.09. The zero-order chi connectivity index (χ0) is 6.73. The largest absolute Gasteiger partial charge is 0.480 e. The molecule has 0 aromatic carbocycles. The van der Waals surface area contributed by atoms with Crippen LogP contribution in [0.1, 0.15) is 21.3 Å². The maximum absolute atomic E-state index is 10.0. The molecule has 0 radical (unpaired) electrons. The van der Waals surface area contributed by atoms with Gasteiger partial charge in [0.15, 0.2) is 0 Å². The van der Waals surface area contributed by atoms with Crippen LogP contribution < -0.4 is 5.73 Å². The van der Waals surface area contributed by atoms with Gasteiger partial charge in [0.05, 0.1) is 0 Å². The maximum atomic E-state index is 10.0. The van der Waals surface area contributed by atoms with Crippen molar-refractivity contribution in [3.8, 4) is 0 Å². The number of carbonyl (C=O) groups is 1. The molecule has 3 nitrogen and oxygen atoms in total. The number of hydrogen-bond acceptors (Lipinski definition) is 2. The number of rotatable bonds is 2.